The first-order chi connectivity index (χ1) is 11.7. The summed E-state index contributed by atoms with van der Waals surface area (Å²) in [6, 6.07) is 15.9. The van der Waals surface area contributed by atoms with Crippen molar-refractivity contribution in [1.82, 2.24) is 15.2 Å². The average Bonchev–Trinajstić information content (AvgIpc) is 2.57. The van der Waals surface area contributed by atoms with Gasteiger partial charge in [0.15, 0.2) is 5.82 Å². The van der Waals surface area contributed by atoms with Gasteiger partial charge >= 0.3 is 0 Å². The molecule has 0 aliphatic carbocycles. The summed E-state index contributed by atoms with van der Waals surface area (Å²) in [7, 11) is 0. The van der Waals surface area contributed by atoms with Crippen LogP contribution in [0.4, 0.5) is 17.5 Å². The largest absolute Gasteiger partial charge is 0.368 e. The van der Waals surface area contributed by atoms with Crippen LogP contribution >= 0.6 is 11.6 Å². The van der Waals surface area contributed by atoms with Crippen LogP contribution in [0.3, 0.4) is 0 Å². The van der Waals surface area contributed by atoms with Gasteiger partial charge < -0.3 is 10.6 Å². The molecule has 0 atom stereocenters. The molecule has 5 nitrogen and oxygen atoms in total. The minimum atomic E-state index is 0.470. The van der Waals surface area contributed by atoms with Crippen LogP contribution in [0.5, 0.6) is 0 Å². The summed E-state index contributed by atoms with van der Waals surface area (Å²) in [5, 5.41) is 15.2. The van der Waals surface area contributed by atoms with Crippen molar-refractivity contribution < 1.29 is 0 Å². The Balaban J connectivity index is 1.57. The molecule has 0 bridgehead atoms. The predicted octanol–water partition coefficient (Wildman–Crippen LogP) is 4.23. The van der Waals surface area contributed by atoms with E-state index >= 15 is 0 Å². The predicted molar refractivity (Wildman–Crippen MR) is 97.9 cm³/mol. The summed E-state index contributed by atoms with van der Waals surface area (Å²) in [5.74, 6) is 1.16. The molecule has 3 aromatic rings. The zero-order valence-corrected chi connectivity index (χ0v) is 14.1. The van der Waals surface area contributed by atoms with Gasteiger partial charge in [0.25, 0.3) is 0 Å². The molecule has 0 saturated heterocycles. The van der Waals surface area contributed by atoms with E-state index in [9.17, 15) is 0 Å². The average molecular weight is 340 g/mol. The Morgan fingerprint density at radius 1 is 1.08 bits per heavy atom. The maximum absolute atomic E-state index is 5.89. The lowest BCUT2D eigenvalue weighted by molar-refractivity contribution is 0.950. The number of nitrogens with one attached hydrogen (secondary N) is 2. The molecule has 6 heteroatoms. The van der Waals surface area contributed by atoms with Crippen molar-refractivity contribution in [2.45, 2.75) is 13.3 Å². The molecule has 0 spiro atoms. The number of nitrogens with zero attached hydrogens (tertiary/aromatic N) is 3. The molecular formula is C18H18ClN5. The molecule has 24 heavy (non-hydrogen) atoms. The summed E-state index contributed by atoms with van der Waals surface area (Å²) < 4.78 is 0. The van der Waals surface area contributed by atoms with Gasteiger partial charge in [0.2, 0.25) is 5.95 Å². The van der Waals surface area contributed by atoms with Crippen molar-refractivity contribution in [1.29, 1.82) is 0 Å². The Labute approximate surface area is 146 Å². The maximum Gasteiger partial charge on any atom is 0.249 e. The third-order valence-corrected chi connectivity index (χ3v) is 3.72. The standard InChI is InChI=1S/C18H18ClN5/c1-13-3-2-4-16(11-13)22-18-23-17(12-21-24-18)20-10-9-14-5-7-15(19)8-6-14/h2-8,11-12H,9-10H2,1H3,(H2,20,22,23,24). The van der Waals surface area contributed by atoms with Crippen molar-refractivity contribution in [2.75, 3.05) is 17.2 Å². The highest BCUT2D eigenvalue weighted by atomic mass is 35.5. The van der Waals surface area contributed by atoms with Crippen molar-refractivity contribution in [3.63, 3.8) is 0 Å². The Hall–Kier alpha value is -2.66. The van der Waals surface area contributed by atoms with Crippen LogP contribution in [-0.4, -0.2) is 21.7 Å². The van der Waals surface area contributed by atoms with Crippen LogP contribution in [0.1, 0.15) is 11.1 Å². The van der Waals surface area contributed by atoms with Crippen molar-refractivity contribution >= 4 is 29.1 Å². The molecule has 3 rings (SSSR count). The zero-order valence-electron chi connectivity index (χ0n) is 13.3. The molecule has 0 saturated carbocycles. The third kappa shape index (κ3) is 4.67. The van der Waals surface area contributed by atoms with Gasteiger partial charge in [-0.25, -0.2) is 0 Å². The van der Waals surface area contributed by atoms with E-state index in [1.54, 1.807) is 6.20 Å². The highest BCUT2D eigenvalue weighted by Crippen LogP contribution is 2.15. The van der Waals surface area contributed by atoms with E-state index < -0.39 is 0 Å². The Kier molecular flexibility index (Phi) is 5.23. The zero-order chi connectivity index (χ0) is 16.8. The number of hydrogen-bond acceptors (Lipinski definition) is 5. The Morgan fingerprint density at radius 3 is 2.71 bits per heavy atom. The SMILES string of the molecule is Cc1cccc(Nc2nncc(NCCc3ccc(Cl)cc3)n2)c1. The molecular weight excluding hydrogens is 322 g/mol. The van der Waals surface area contributed by atoms with Gasteiger partial charge in [-0.15, -0.1) is 5.10 Å². The summed E-state index contributed by atoms with van der Waals surface area (Å²) in [6.45, 7) is 2.79. The van der Waals surface area contributed by atoms with Gasteiger partial charge in [-0.1, -0.05) is 35.9 Å². The fourth-order valence-electron chi connectivity index (χ4n) is 2.28. The van der Waals surface area contributed by atoms with Crippen LogP contribution in [-0.2, 0) is 6.42 Å². The van der Waals surface area contributed by atoms with E-state index in [1.165, 1.54) is 11.1 Å². The molecule has 0 aliphatic rings. The van der Waals surface area contributed by atoms with Crippen molar-refractivity contribution in [3.8, 4) is 0 Å². The second kappa shape index (κ2) is 7.75. The first kappa shape index (κ1) is 16.2. The van der Waals surface area contributed by atoms with E-state index in [4.69, 9.17) is 11.6 Å². The first-order valence-corrected chi connectivity index (χ1v) is 8.08. The third-order valence-electron chi connectivity index (χ3n) is 3.47. The number of hydrogen-bond donors (Lipinski definition) is 2. The maximum atomic E-state index is 5.89. The lowest BCUT2D eigenvalue weighted by Crippen LogP contribution is -2.08. The van der Waals surface area contributed by atoms with Crippen LogP contribution in [0.25, 0.3) is 0 Å². The van der Waals surface area contributed by atoms with Crippen LogP contribution < -0.4 is 10.6 Å². The molecule has 0 amide bonds. The summed E-state index contributed by atoms with van der Waals surface area (Å²) in [4.78, 5) is 4.43. The number of aryl methyl sites for hydroxylation is 1. The number of benzene rings is 2. The van der Waals surface area contributed by atoms with Gasteiger partial charge in [0, 0.05) is 17.3 Å². The molecule has 0 aliphatic heterocycles. The van der Waals surface area contributed by atoms with Gasteiger partial charge in [-0.05, 0) is 48.7 Å². The molecule has 0 unspecified atom stereocenters. The lowest BCUT2D eigenvalue weighted by atomic mass is 10.1. The van der Waals surface area contributed by atoms with E-state index in [1.807, 2.05) is 55.5 Å². The monoisotopic (exact) mass is 339 g/mol. The highest BCUT2D eigenvalue weighted by molar-refractivity contribution is 6.30. The number of aromatic nitrogens is 3. The molecule has 1 heterocycles. The second-order valence-electron chi connectivity index (χ2n) is 5.46. The summed E-state index contributed by atoms with van der Waals surface area (Å²) in [6.07, 6.45) is 2.49. The van der Waals surface area contributed by atoms with Gasteiger partial charge in [-0.2, -0.15) is 10.1 Å². The molecule has 2 aromatic carbocycles. The fraction of sp³-hybridized carbons (Fsp3) is 0.167. The second-order valence-corrected chi connectivity index (χ2v) is 5.90. The summed E-state index contributed by atoms with van der Waals surface area (Å²) >= 11 is 5.89. The van der Waals surface area contributed by atoms with Crippen LogP contribution in [0.2, 0.25) is 5.02 Å². The minimum Gasteiger partial charge on any atom is -0.368 e. The van der Waals surface area contributed by atoms with Gasteiger partial charge in [0.1, 0.15) is 0 Å². The lowest BCUT2D eigenvalue weighted by Gasteiger charge is -2.08. The van der Waals surface area contributed by atoms with Gasteiger partial charge in [-0.3, -0.25) is 0 Å². The van der Waals surface area contributed by atoms with Crippen LogP contribution in [0.15, 0.2) is 54.7 Å². The van der Waals surface area contributed by atoms with E-state index in [2.05, 4.69) is 25.8 Å². The van der Waals surface area contributed by atoms with Gasteiger partial charge in [0.05, 0.1) is 6.20 Å². The molecule has 122 valence electrons. The number of anilines is 3. The van der Waals surface area contributed by atoms with Crippen LogP contribution in [0, 0.1) is 6.92 Å². The van der Waals surface area contributed by atoms with E-state index in [0.29, 0.717) is 11.8 Å². The summed E-state index contributed by atoms with van der Waals surface area (Å²) in [5.41, 5.74) is 3.33. The molecule has 1 aromatic heterocycles. The quantitative estimate of drug-likeness (QED) is 0.703. The normalized spacial score (nSPS) is 10.4. The molecule has 0 fully saturated rings. The number of halogens is 1. The smallest absolute Gasteiger partial charge is 0.249 e. The van der Waals surface area contributed by atoms with Crippen molar-refractivity contribution in [3.05, 3.63) is 70.9 Å². The van der Waals surface area contributed by atoms with E-state index in [0.717, 1.165) is 23.7 Å². The highest BCUT2D eigenvalue weighted by Gasteiger charge is 2.02. The minimum absolute atomic E-state index is 0.470. The first-order valence-electron chi connectivity index (χ1n) is 7.71. The number of rotatable bonds is 6. The van der Waals surface area contributed by atoms with E-state index in [-0.39, 0.29) is 0 Å². The molecule has 0 radical (unpaired) electrons. The van der Waals surface area contributed by atoms with Crippen molar-refractivity contribution in [2.24, 2.45) is 0 Å². The fourth-order valence-corrected chi connectivity index (χ4v) is 2.41. The topological polar surface area (TPSA) is 62.7 Å². The molecule has 2 N–H and O–H groups in total. The Morgan fingerprint density at radius 2 is 1.92 bits per heavy atom. The Bertz CT molecular complexity index is 805.